The second-order valence-electron chi connectivity index (χ2n) is 11.2. The molecule has 2 aromatic heterocycles. The van der Waals surface area contributed by atoms with Gasteiger partial charge in [-0.3, -0.25) is 14.3 Å². The van der Waals surface area contributed by atoms with Gasteiger partial charge in [-0.25, -0.2) is 4.68 Å². The molecule has 44 heavy (non-hydrogen) atoms. The molecule has 0 N–H and O–H groups in total. The van der Waals surface area contributed by atoms with E-state index in [9.17, 15) is 9.59 Å². The summed E-state index contributed by atoms with van der Waals surface area (Å²) in [5, 5.41) is 8.63. The number of carbonyl (C=O) groups excluding carboxylic acids is 2. The van der Waals surface area contributed by atoms with E-state index in [0.717, 1.165) is 40.1 Å². The van der Waals surface area contributed by atoms with Gasteiger partial charge in [0.15, 0.2) is 0 Å². The summed E-state index contributed by atoms with van der Waals surface area (Å²) in [5.74, 6) is -0.271. The Morgan fingerprint density at radius 3 is 2.36 bits per heavy atom. The predicted molar refractivity (Wildman–Crippen MR) is 171 cm³/mol. The van der Waals surface area contributed by atoms with Crippen LogP contribution < -0.4 is 0 Å². The third-order valence-electron chi connectivity index (χ3n) is 8.40. The van der Waals surface area contributed by atoms with E-state index in [1.807, 2.05) is 97.9 Å². The predicted octanol–water partition coefficient (Wildman–Crippen LogP) is 5.15. The fourth-order valence-corrected chi connectivity index (χ4v) is 5.71. The van der Waals surface area contributed by atoms with Crippen LogP contribution in [0.1, 0.15) is 33.5 Å². The number of hydrogen-bond acceptors (Lipinski definition) is 4. The molecular formula is C36H36N6O2. The standard InChI is InChI=1S/C36H36N6O2/c1-27-31(24-38-39(27)2)15-18-35(43)41(25-29-13-16-33(17-14-29)42-21-8-20-37-42)34(23-28-9-4-3-5-10-28)36(44)40-22-19-30-11-6-7-12-32(30)26-40/h3-18,20-21,24,34H,19,22-23,25-26H2,1-2H3/b18-15+/t34-/m0/s1. The number of fused-ring (bicyclic) bond motifs is 1. The molecule has 3 heterocycles. The van der Waals surface area contributed by atoms with Crippen LogP contribution in [0.4, 0.5) is 0 Å². The van der Waals surface area contributed by atoms with E-state index in [0.29, 0.717) is 19.5 Å². The molecule has 0 radical (unpaired) electrons. The lowest BCUT2D eigenvalue weighted by Crippen LogP contribution is -2.52. The second kappa shape index (κ2) is 13.0. The van der Waals surface area contributed by atoms with Crippen LogP contribution in [0, 0.1) is 6.92 Å². The zero-order chi connectivity index (χ0) is 30.5. The van der Waals surface area contributed by atoms with Gasteiger partial charge in [0.05, 0.1) is 11.9 Å². The number of carbonyl (C=O) groups is 2. The number of aromatic nitrogens is 4. The summed E-state index contributed by atoms with van der Waals surface area (Å²) in [6, 6.07) is 27.4. The minimum Gasteiger partial charge on any atom is -0.336 e. The van der Waals surface area contributed by atoms with Gasteiger partial charge in [-0.05, 0) is 59.9 Å². The highest BCUT2D eigenvalue weighted by Crippen LogP contribution is 2.23. The molecular weight excluding hydrogens is 548 g/mol. The number of benzene rings is 3. The molecule has 0 fully saturated rings. The summed E-state index contributed by atoms with van der Waals surface area (Å²) < 4.78 is 3.57. The molecule has 0 unspecified atom stereocenters. The molecule has 0 bridgehead atoms. The number of aryl methyl sites for hydroxylation is 1. The van der Waals surface area contributed by atoms with Gasteiger partial charge in [-0.15, -0.1) is 0 Å². The zero-order valence-corrected chi connectivity index (χ0v) is 25.1. The largest absolute Gasteiger partial charge is 0.336 e. The van der Waals surface area contributed by atoms with E-state index < -0.39 is 6.04 Å². The fourth-order valence-electron chi connectivity index (χ4n) is 5.71. The topological polar surface area (TPSA) is 76.3 Å². The van der Waals surface area contributed by atoms with Crippen molar-refractivity contribution < 1.29 is 9.59 Å². The van der Waals surface area contributed by atoms with Gasteiger partial charge >= 0.3 is 0 Å². The summed E-state index contributed by atoms with van der Waals surface area (Å²) >= 11 is 0. The highest BCUT2D eigenvalue weighted by atomic mass is 16.2. The Bertz CT molecular complexity index is 1760. The zero-order valence-electron chi connectivity index (χ0n) is 25.1. The maximum atomic E-state index is 14.5. The van der Waals surface area contributed by atoms with E-state index in [1.54, 1.807) is 38.8 Å². The third kappa shape index (κ3) is 6.39. The van der Waals surface area contributed by atoms with Crippen LogP contribution >= 0.6 is 0 Å². The first-order valence-electron chi connectivity index (χ1n) is 14.9. The molecule has 6 rings (SSSR count). The average molecular weight is 585 g/mol. The monoisotopic (exact) mass is 584 g/mol. The van der Waals surface area contributed by atoms with E-state index in [-0.39, 0.29) is 18.4 Å². The minimum atomic E-state index is -0.694. The highest BCUT2D eigenvalue weighted by Gasteiger charge is 2.34. The maximum Gasteiger partial charge on any atom is 0.247 e. The summed E-state index contributed by atoms with van der Waals surface area (Å²) in [4.78, 5) is 32.2. The van der Waals surface area contributed by atoms with Gasteiger partial charge in [0.2, 0.25) is 11.8 Å². The molecule has 5 aromatic rings. The smallest absolute Gasteiger partial charge is 0.247 e. The summed E-state index contributed by atoms with van der Waals surface area (Å²) in [6.07, 6.45) is 9.94. The van der Waals surface area contributed by atoms with E-state index in [2.05, 4.69) is 22.3 Å². The fraction of sp³-hybridized carbons (Fsp3) is 0.222. The van der Waals surface area contributed by atoms with Crippen molar-refractivity contribution in [1.29, 1.82) is 0 Å². The van der Waals surface area contributed by atoms with Crippen molar-refractivity contribution >= 4 is 17.9 Å². The lowest BCUT2D eigenvalue weighted by molar-refractivity contribution is -0.144. The van der Waals surface area contributed by atoms with Crippen LogP contribution in [0.2, 0.25) is 0 Å². The second-order valence-corrected chi connectivity index (χ2v) is 11.2. The first-order chi connectivity index (χ1) is 21.5. The molecule has 0 aliphatic carbocycles. The molecule has 8 heteroatoms. The Labute approximate surface area is 257 Å². The number of amides is 2. The van der Waals surface area contributed by atoms with Gasteiger partial charge in [0, 0.05) is 62.8 Å². The molecule has 1 atom stereocenters. The van der Waals surface area contributed by atoms with Crippen LogP contribution in [0.5, 0.6) is 0 Å². The first kappa shape index (κ1) is 28.9. The molecule has 2 amide bonds. The Hall–Kier alpha value is -5.24. The van der Waals surface area contributed by atoms with E-state index >= 15 is 0 Å². The summed E-state index contributed by atoms with van der Waals surface area (Å²) in [7, 11) is 1.87. The average Bonchev–Trinajstić information content (AvgIpc) is 3.72. The van der Waals surface area contributed by atoms with Crippen LogP contribution in [-0.4, -0.2) is 53.8 Å². The Morgan fingerprint density at radius 2 is 1.66 bits per heavy atom. The van der Waals surface area contributed by atoms with Crippen molar-refractivity contribution in [3.63, 3.8) is 0 Å². The Morgan fingerprint density at radius 1 is 0.909 bits per heavy atom. The Kier molecular flexibility index (Phi) is 8.50. The molecule has 1 aliphatic heterocycles. The minimum absolute atomic E-state index is 0.0455. The van der Waals surface area contributed by atoms with Crippen molar-refractivity contribution in [3.8, 4) is 5.69 Å². The van der Waals surface area contributed by atoms with Crippen LogP contribution in [0.25, 0.3) is 11.8 Å². The molecule has 0 spiro atoms. The van der Waals surface area contributed by atoms with Crippen molar-refractivity contribution in [2.45, 2.75) is 38.9 Å². The van der Waals surface area contributed by atoms with Gasteiger partial charge < -0.3 is 9.80 Å². The SMILES string of the molecule is Cc1c(/C=C/C(=O)N(Cc2ccc(-n3cccn3)cc2)[C@@H](Cc2ccccc2)C(=O)N2CCc3ccccc3C2)cnn1C. The van der Waals surface area contributed by atoms with Gasteiger partial charge in [-0.2, -0.15) is 10.2 Å². The number of hydrogen-bond donors (Lipinski definition) is 0. The number of rotatable bonds is 9. The van der Waals surface area contributed by atoms with Crippen molar-refractivity contribution in [2.75, 3.05) is 6.54 Å². The first-order valence-corrected chi connectivity index (χ1v) is 14.9. The van der Waals surface area contributed by atoms with E-state index in [1.165, 1.54) is 5.56 Å². The van der Waals surface area contributed by atoms with Crippen molar-refractivity contribution in [2.24, 2.45) is 7.05 Å². The molecule has 0 saturated carbocycles. The highest BCUT2D eigenvalue weighted by molar-refractivity contribution is 5.96. The quantitative estimate of drug-likeness (QED) is 0.225. The van der Waals surface area contributed by atoms with Crippen LogP contribution in [0.3, 0.4) is 0 Å². The van der Waals surface area contributed by atoms with Crippen LogP contribution in [-0.2, 0) is 42.6 Å². The van der Waals surface area contributed by atoms with Crippen molar-refractivity contribution in [3.05, 3.63) is 143 Å². The molecule has 3 aromatic carbocycles. The maximum absolute atomic E-state index is 14.5. The summed E-state index contributed by atoms with van der Waals surface area (Å²) in [5.41, 5.74) is 7.10. The lowest BCUT2D eigenvalue weighted by atomic mass is 9.97. The third-order valence-corrected chi connectivity index (χ3v) is 8.40. The Balaban J connectivity index is 1.35. The molecule has 0 saturated heterocycles. The summed E-state index contributed by atoms with van der Waals surface area (Å²) in [6.45, 7) is 3.40. The molecule has 1 aliphatic rings. The molecule has 222 valence electrons. The normalized spacial score (nSPS) is 13.5. The number of nitrogens with zero attached hydrogens (tertiary/aromatic N) is 6. The molecule has 8 nitrogen and oxygen atoms in total. The van der Waals surface area contributed by atoms with Crippen LogP contribution in [0.15, 0.2) is 110 Å². The van der Waals surface area contributed by atoms with E-state index in [4.69, 9.17) is 0 Å². The van der Waals surface area contributed by atoms with Gasteiger partial charge in [-0.1, -0.05) is 66.7 Å². The lowest BCUT2D eigenvalue weighted by Gasteiger charge is -2.37. The van der Waals surface area contributed by atoms with Crippen molar-refractivity contribution in [1.82, 2.24) is 29.4 Å². The van der Waals surface area contributed by atoms with Gasteiger partial charge in [0.1, 0.15) is 6.04 Å². The van der Waals surface area contributed by atoms with Gasteiger partial charge in [0.25, 0.3) is 0 Å².